The van der Waals surface area contributed by atoms with Crippen molar-refractivity contribution in [3.8, 4) is 22.4 Å². The van der Waals surface area contributed by atoms with Gasteiger partial charge in [0.2, 0.25) is 5.91 Å². The third kappa shape index (κ3) is 5.21. The highest BCUT2D eigenvalue weighted by atomic mass is 16.1. The number of hydrogen-bond acceptors (Lipinski definition) is 5. The van der Waals surface area contributed by atoms with Crippen LogP contribution in [0.2, 0.25) is 0 Å². The Morgan fingerprint density at radius 3 is 2.71 bits per heavy atom. The van der Waals surface area contributed by atoms with E-state index in [9.17, 15) is 4.79 Å². The van der Waals surface area contributed by atoms with E-state index >= 15 is 0 Å². The fourth-order valence-corrected chi connectivity index (χ4v) is 3.63. The molecule has 0 aliphatic carbocycles. The van der Waals surface area contributed by atoms with Crippen LogP contribution in [0.4, 0.5) is 5.69 Å². The van der Waals surface area contributed by atoms with E-state index in [4.69, 9.17) is 0 Å². The van der Waals surface area contributed by atoms with E-state index < -0.39 is 0 Å². The van der Waals surface area contributed by atoms with Gasteiger partial charge in [-0.25, -0.2) is 15.0 Å². The van der Waals surface area contributed by atoms with Gasteiger partial charge in [0.1, 0.15) is 12.0 Å². The lowest BCUT2D eigenvalue weighted by atomic mass is 9.88. The van der Waals surface area contributed by atoms with Crippen molar-refractivity contribution in [1.82, 2.24) is 25.3 Å². The molecule has 3 heterocycles. The Morgan fingerprint density at radius 2 is 2.00 bits per heavy atom. The number of carbonyl (C=O) groups excluding carboxylic acids is 1. The lowest BCUT2D eigenvalue weighted by Gasteiger charge is -2.28. The largest absolute Gasteiger partial charge is 0.345 e. The second-order valence-electron chi connectivity index (χ2n) is 9.50. The first-order chi connectivity index (χ1) is 16.2. The van der Waals surface area contributed by atoms with Gasteiger partial charge in [-0.15, -0.1) is 0 Å². The van der Waals surface area contributed by atoms with E-state index in [1.165, 1.54) is 12.4 Å². The van der Waals surface area contributed by atoms with Gasteiger partial charge in [0.05, 0.1) is 5.69 Å². The molecular formula is C27H30N6O. The number of rotatable bonds is 7. The second-order valence-corrected chi connectivity index (χ2v) is 9.50. The van der Waals surface area contributed by atoms with Gasteiger partial charge in [-0.1, -0.05) is 27.4 Å². The molecular weight excluding hydrogens is 424 g/mol. The molecule has 0 saturated carbocycles. The summed E-state index contributed by atoms with van der Waals surface area (Å²) in [5, 5.41) is 7.47. The number of amides is 1. The molecule has 0 radical (unpaired) electrons. The van der Waals surface area contributed by atoms with Gasteiger partial charge < -0.3 is 15.6 Å². The first kappa shape index (κ1) is 23.3. The molecule has 4 rings (SSSR count). The van der Waals surface area contributed by atoms with Crippen molar-refractivity contribution in [3.05, 3.63) is 73.5 Å². The molecule has 0 aliphatic heterocycles. The van der Waals surface area contributed by atoms with E-state index in [0.717, 1.165) is 39.0 Å². The van der Waals surface area contributed by atoms with Crippen LogP contribution < -0.4 is 10.6 Å². The van der Waals surface area contributed by atoms with E-state index in [2.05, 4.69) is 77.0 Å². The highest BCUT2D eigenvalue weighted by molar-refractivity contribution is 5.99. The van der Waals surface area contributed by atoms with Crippen molar-refractivity contribution < 1.29 is 4.79 Å². The average molecular weight is 455 g/mol. The molecule has 4 aromatic rings. The molecule has 0 unspecified atom stereocenters. The van der Waals surface area contributed by atoms with Crippen molar-refractivity contribution in [3.63, 3.8) is 0 Å². The molecule has 3 N–H and O–H groups in total. The van der Waals surface area contributed by atoms with Crippen LogP contribution in [0.15, 0.2) is 67.9 Å². The molecule has 0 aliphatic rings. The zero-order valence-electron chi connectivity index (χ0n) is 20.0. The van der Waals surface area contributed by atoms with Gasteiger partial charge in [0.25, 0.3) is 0 Å². The van der Waals surface area contributed by atoms with Crippen LogP contribution in [0.25, 0.3) is 33.4 Å². The van der Waals surface area contributed by atoms with Crippen LogP contribution in [0.1, 0.15) is 33.3 Å². The minimum Gasteiger partial charge on any atom is -0.345 e. The van der Waals surface area contributed by atoms with Crippen LogP contribution >= 0.6 is 0 Å². The zero-order chi connectivity index (χ0) is 24.3. The predicted octanol–water partition coefficient (Wildman–Crippen LogP) is 5.34. The van der Waals surface area contributed by atoms with Gasteiger partial charge in [-0.3, -0.25) is 4.79 Å². The van der Waals surface area contributed by atoms with Crippen molar-refractivity contribution in [2.45, 2.75) is 40.3 Å². The molecule has 7 heteroatoms. The maximum Gasteiger partial charge on any atom is 0.247 e. The molecule has 3 aromatic heterocycles. The summed E-state index contributed by atoms with van der Waals surface area (Å²) in [5.74, 6) is -0.246. The fourth-order valence-electron chi connectivity index (χ4n) is 3.63. The third-order valence-electron chi connectivity index (χ3n) is 6.08. The Morgan fingerprint density at radius 1 is 1.18 bits per heavy atom. The van der Waals surface area contributed by atoms with Crippen LogP contribution in [0.5, 0.6) is 0 Å². The summed E-state index contributed by atoms with van der Waals surface area (Å²) in [6.45, 7) is 13.1. The van der Waals surface area contributed by atoms with Crippen LogP contribution in [-0.4, -0.2) is 31.9 Å². The lowest BCUT2D eigenvalue weighted by molar-refractivity contribution is -0.111. The highest BCUT2D eigenvalue weighted by Gasteiger charge is 2.19. The number of aromatic nitrogens is 4. The Kier molecular flexibility index (Phi) is 6.56. The Hall–Kier alpha value is -3.84. The lowest BCUT2D eigenvalue weighted by Crippen LogP contribution is -2.37. The first-order valence-electron chi connectivity index (χ1n) is 11.3. The average Bonchev–Trinajstić information content (AvgIpc) is 3.25. The molecule has 0 fully saturated rings. The number of fused-ring (bicyclic) bond motifs is 1. The summed E-state index contributed by atoms with van der Waals surface area (Å²) in [4.78, 5) is 28.2. The number of benzene rings is 1. The van der Waals surface area contributed by atoms with Gasteiger partial charge in [0.15, 0.2) is 0 Å². The van der Waals surface area contributed by atoms with Crippen LogP contribution in [0.3, 0.4) is 0 Å². The molecule has 0 bridgehead atoms. The molecule has 1 amide bonds. The number of nitrogens with zero attached hydrogens (tertiary/aromatic N) is 3. The van der Waals surface area contributed by atoms with Crippen LogP contribution in [0, 0.1) is 5.41 Å². The number of nitrogens with one attached hydrogen (secondary N) is 3. The van der Waals surface area contributed by atoms with Crippen molar-refractivity contribution in [2.75, 3.05) is 5.32 Å². The van der Waals surface area contributed by atoms with Gasteiger partial charge >= 0.3 is 0 Å². The van der Waals surface area contributed by atoms with E-state index in [0.29, 0.717) is 18.3 Å². The first-order valence-corrected chi connectivity index (χ1v) is 11.3. The predicted molar refractivity (Wildman–Crippen MR) is 137 cm³/mol. The Bertz CT molecular complexity index is 1320. The SMILES string of the molecule is C=CC(=O)Nc1cc(CN[C@@H](C)C(C)(C)C)cc(-c2cnc3[nH]cc(-c4ccncn4)c3c2)c1. The number of carbonyl (C=O) groups is 1. The van der Waals surface area contributed by atoms with Gasteiger partial charge in [-0.2, -0.15) is 0 Å². The quantitative estimate of drug-likeness (QED) is 0.328. The van der Waals surface area contributed by atoms with Gasteiger partial charge in [-0.05, 0) is 59.9 Å². The van der Waals surface area contributed by atoms with Crippen LogP contribution in [-0.2, 0) is 11.3 Å². The summed E-state index contributed by atoms with van der Waals surface area (Å²) in [6, 6.07) is 10.4. The standard InChI is InChI=1S/C27H30N6O/c1-6-25(34)33-21-10-18(13-29-17(2)27(3,4)5)9-19(11-21)20-12-22-23(15-31-26(22)30-14-20)24-7-8-28-16-32-24/h6-12,14-17,29H,1,13H2,2-5H3,(H,30,31)(H,33,34)/t17-/m0/s1. The molecule has 34 heavy (non-hydrogen) atoms. The number of aromatic amines is 1. The van der Waals surface area contributed by atoms with Gasteiger partial charge in [0, 0.05) is 53.4 Å². The second kappa shape index (κ2) is 9.57. The fraction of sp³-hybridized carbons (Fsp3) is 0.259. The molecule has 0 saturated heterocycles. The maximum atomic E-state index is 12.0. The summed E-state index contributed by atoms with van der Waals surface area (Å²) >= 11 is 0. The molecule has 0 spiro atoms. The minimum atomic E-state index is -0.246. The molecule has 1 atom stereocenters. The monoisotopic (exact) mass is 454 g/mol. The number of anilines is 1. The molecule has 7 nitrogen and oxygen atoms in total. The molecule has 1 aromatic carbocycles. The Balaban J connectivity index is 1.73. The minimum absolute atomic E-state index is 0.137. The van der Waals surface area contributed by atoms with Crippen molar-refractivity contribution in [2.24, 2.45) is 5.41 Å². The topological polar surface area (TPSA) is 95.6 Å². The van der Waals surface area contributed by atoms with E-state index in [1.807, 2.05) is 30.6 Å². The normalized spacial score (nSPS) is 12.5. The smallest absolute Gasteiger partial charge is 0.247 e. The van der Waals surface area contributed by atoms with Crippen molar-refractivity contribution >= 4 is 22.6 Å². The molecule has 174 valence electrons. The number of pyridine rings is 1. The maximum absolute atomic E-state index is 12.0. The third-order valence-corrected chi connectivity index (χ3v) is 6.08. The van der Waals surface area contributed by atoms with Crippen molar-refractivity contribution in [1.29, 1.82) is 0 Å². The summed E-state index contributed by atoms with van der Waals surface area (Å²) < 4.78 is 0. The number of hydrogen-bond donors (Lipinski definition) is 3. The number of H-pyrrole nitrogens is 1. The van der Waals surface area contributed by atoms with E-state index in [-0.39, 0.29) is 11.3 Å². The Labute approximate surface area is 199 Å². The van der Waals surface area contributed by atoms with E-state index in [1.54, 1.807) is 6.20 Å². The highest BCUT2D eigenvalue weighted by Crippen LogP contribution is 2.31. The summed E-state index contributed by atoms with van der Waals surface area (Å²) in [5.41, 5.74) is 6.41. The zero-order valence-corrected chi connectivity index (χ0v) is 20.0. The summed E-state index contributed by atoms with van der Waals surface area (Å²) in [6.07, 6.45) is 8.28. The summed E-state index contributed by atoms with van der Waals surface area (Å²) in [7, 11) is 0.